The topological polar surface area (TPSA) is 17.1 Å². The maximum absolute atomic E-state index is 12.9. The van der Waals surface area contributed by atoms with E-state index in [0.29, 0.717) is 0 Å². The van der Waals surface area contributed by atoms with Crippen molar-refractivity contribution in [1.29, 1.82) is 0 Å². The Morgan fingerprint density at radius 3 is 2.11 bits per heavy atom. The highest BCUT2D eigenvalue weighted by Crippen LogP contribution is 2.47. The fourth-order valence-electron chi connectivity index (χ4n) is 2.13. The van der Waals surface area contributed by atoms with Crippen LogP contribution in [0.15, 0.2) is 36.4 Å². The molecule has 0 spiro atoms. The molecule has 0 atom stereocenters. The van der Waals surface area contributed by atoms with Gasteiger partial charge in [0.15, 0.2) is 0 Å². The minimum atomic E-state index is -1.98. The largest absolute Gasteiger partial charge is 0.323 e. The molecule has 0 saturated heterocycles. The van der Waals surface area contributed by atoms with Crippen LogP contribution in [0.2, 0.25) is 0 Å². The zero-order valence-corrected chi connectivity index (χ0v) is 13.2. The van der Waals surface area contributed by atoms with Crippen molar-refractivity contribution in [2.45, 2.75) is 39.5 Å². The summed E-state index contributed by atoms with van der Waals surface area (Å²) in [6.45, 7) is 4.34. The highest BCUT2D eigenvalue weighted by atomic mass is 31.2. The van der Waals surface area contributed by atoms with E-state index in [4.69, 9.17) is 0 Å². The minimum absolute atomic E-state index is 0.766. The van der Waals surface area contributed by atoms with Gasteiger partial charge in [0.05, 0.1) is 7.14 Å². The second-order valence-electron chi connectivity index (χ2n) is 5.21. The van der Waals surface area contributed by atoms with Gasteiger partial charge in [-0.2, -0.15) is 0 Å². The summed E-state index contributed by atoms with van der Waals surface area (Å²) in [5, 5.41) is 0. The van der Waals surface area contributed by atoms with Crippen LogP contribution in [0.4, 0.5) is 0 Å². The number of hydrogen-bond donors (Lipinski definition) is 0. The van der Waals surface area contributed by atoms with Gasteiger partial charge in [-0.25, -0.2) is 0 Å². The van der Waals surface area contributed by atoms with Crippen LogP contribution in [-0.2, 0) is 4.57 Å². The Morgan fingerprint density at radius 2 is 1.58 bits per heavy atom. The Balaban J connectivity index is 2.57. The molecule has 0 heterocycles. The number of rotatable bonds is 9. The van der Waals surface area contributed by atoms with Crippen molar-refractivity contribution in [2.75, 3.05) is 18.5 Å². The first kappa shape index (κ1) is 16.2. The van der Waals surface area contributed by atoms with Crippen LogP contribution >= 0.6 is 7.14 Å². The lowest BCUT2D eigenvalue weighted by molar-refractivity contribution is 0.572. The van der Waals surface area contributed by atoms with Crippen molar-refractivity contribution < 1.29 is 4.57 Å². The molecule has 0 amide bonds. The van der Waals surface area contributed by atoms with E-state index in [1.165, 1.54) is 5.56 Å². The zero-order valence-electron chi connectivity index (χ0n) is 12.3. The summed E-state index contributed by atoms with van der Waals surface area (Å²) in [6, 6.07) is 10.3. The van der Waals surface area contributed by atoms with E-state index in [1.54, 1.807) is 0 Å². The van der Waals surface area contributed by atoms with Crippen LogP contribution in [0.3, 0.4) is 0 Å². The fraction of sp³-hybridized carbons (Fsp3) is 0.529. The van der Waals surface area contributed by atoms with E-state index in [1.807, 2.05) is 18.2 Å². The van der Waals surface area contributed by atoms with Crippen molar-refractivity contribution in [3.05, 3.63) is 42.0 Å². The summed E-state index contributed by atoms with van der Waals surface area (Å²) in [4.78, 5) is 0. The average Bonchev–Trinajstić information content (AvgIpc) is 2.44. The standard InChI is InChI=1S/C17H27OP/c1-3-5-14-19(18,15-6-4-2)16-10-13-17-11-8-7-9-12-17/h7-13H,3-6,14-16H2,1-2H3. The number of unbranched alkanes of at least 4 members (excludes halogenated alkanes) is 2. The lowest BCUT2D eigenvalue weighted by Gasteiger charge is -2.15. The van der Waals surface area contributed by atoms with E-state index in [9.17, 15) is 4.57 Å². The van der Waals surface area contributed by atoms with Gasteiger partial charge >= 0.3 is 0 Å². The van der Waals surface area contributed by atoms with Gasteiger partial charge in [-0.05, 0) is 18.4 Å². The molecule has 106 valence electrons. The third-order valence-electron chi connectivity index (χ3n) is 3.39. The fourth-order valence-corrected chi connectivity index (χ4v) is 5.00. The van der Waals surface area contributed by atoms with Gasteiger partial charge in [-0.3, -0.25) is 0 Å². The van der Waals surface area contributed by atoms with Crippen molar-refractivity contribution in [3.8, 4) is 0 Å². The van der Waals surface area contributed by atoms with Crippen molar-refractivity contribution in [2.24, 2.45) is 0 Å². The summed E-state index contributed by atoms with van der Waals surface area (Å²) in [6.07, 6.45) is 11.3. The minimum Gasteiger partial charge on any atom is -0.323 e. The molecule has 0 aliphatic heterocycles. The van der Waals surface area contributed by atoms with Crippen molar-refractivity contribution in [1.82, 2.24) is 0 Å². The van der Waals surface area contributed by atoms with Crippen LogP contribution in [0.5, 0.6) is 0 Å². The highest BCUT2D eigenvalue weighted by molar-refractivity contribution is 7.64. The SMILES string of the molecule is CCCCP(=O)(CC=Cc1ccccc1)CCCC. The Bertz CT molecular complexity index is 397. The molecule has 0 saturated carbocycles. The third-order valence-corrected chi connectivity index (χ3v) is 6.53. The molecule has 1 aromatic carbocycles. The average molecular weight is 278 g/mol. The Morgan fingerprint density at radius 1 is 1.00 bits per heavy atom. The molecular weight excluding hydrogens is 251 g/mol. The lowest BCUT2D eigenvalue weighted by atomic mass is 10.2. The zero-order chi connectivity index (χ0) is 14.0. The van der Waals surface area contributed by atoms with Gasteiger partial charge in [0.2, 0.25) is 0 Å². The number of benzene rings is 1. The van der Waals surface area contributed by atoms with Gasteiger partial charge in [-0.15, -0.1) is 0 Å². The molecule has 19 heavy (non-hydrogen) atoms. The molecule has 0 aliphatic carbocycles. The van der Waals surface area contributed by atoms with Crippen LogP contribution in [0, 0.1) is 0 Å². The predicted octanol–water partition coefficient (Wildman–Crippen LogP) is 5.66. The molecule has 2 heteroatoms. The Kier molecular flexibility index (Phi) is 7.82. The summed E-state index contributed by atoms with van der Waals surface area (Å²) in [5.74, 6) is 0. The monoisotopic (exact) mass is 278 g/mol. The predicted molar refractivity (Wildman–Crippen MR) is 87.5 cm³/mol. The summed E-state index contributed by atoms with van der Waals surface area (Å²) in [7, 11) is -1.98. The van der Waals surface area contributed by atoms with E-state index < -0.39 is 7.14 Å². The third kappa shape index (κ3) is 6.78. The van der Waals surface area contributed by atoms with Crippen LogP contribution in [-0.4, -0.2) is 18.5 Å². The molecule has 0 unspecified atom stereocenters. The summed E-state index contributed by atoms with van der Waals surface area (Å²) >= 11 is 0. The van der Waals surface area contributed by atoms with Crippen LogP contribution in [0.25, 0.3) is 6.08 Å². The van der Waals surface area contributed by atoms with E-state index >= 15 is 0 Å². The first-order chi connectivity index (χ1) is 9.20. The van der Waals surface area contributed by atoms with Crippen molar-refractivity contribution >= 4 is 13.2 Å². The van der Waals surface area contributed by atoms with Gasteiger partial charge in [0.25, 0.3) is 0 Å². The molecule has 1 aromatic rings. The molecule has 0 bridgehead atoms. The second kappa shape index (κ2) is 9.15. The molecule has 0 N–H and O–H groups in total. The maximum atomic E-state index is 12.9. The van der Waals surface area contributed by atoms with Crippen LogP contribution < -0.4 is 0 Å². The first-order valence-electron chi connectivity index (χ1n) is 7.49. The smallest absolute Gasteiger partial charge is 0.0913 e. The van der Waals surface area contributed by atoms with E-state index in [0.717, 1.165) is 44.2 Å². The Labute approximate surface area is 118 Å². The quantitative estimate of drug-likeness (QED) is 0.532. The van der Waals surface area contributed by atoms with Gasteiger partial charge in [0, 0.05) is 18.5 Å². The lowest BCUT2D eigenvalue weighted by Crippen LogP contribution is -1.99. The van der Waals surface area contributed by atoms with Crippen molar-refractivity contribution in [3.63, 3.8) is 0 Å². The molecule has 0 fully saturated rings. The van der Waals surface area contributed by atoms with Crippen LogP contribution in [0.1, 0.15) is 45.1 Å². The van der Waals surface area contributed by atoms with Gasteiger partial charge in [-0.1, -0.05) is 69.2 Å². The van der Waals surface area contributed by atoms with Gasteiger partial charge in [0.1, 0.15) is 0 Å². The molecule has 1 nitrogen and oxygen atoms in total. The second-order valence-corrected chi connectivity index (χ2v) is 8.58. The molecule has 0 radical (unpaired) electrons. The Hall–Kier alpha value is -0.810. The maximum Gasteiger partial charge on any atom is 0.0913 e. The van der Waals surface area contributed by atoms with Gasteiger partial charge < -0.3 is 4.57 Å². The number of allylic oxidation sites excluding steroid dienone is 1. The van der Waals surface area contributed by atoms with E-state index in [-0.39, 0.29) is 0 Å². The first-order valence-corrected chi connectivity index (χ1v) is 9.75. The molecule has 1 rings (SSSR count). The molecule has 0 aromatic heterocycles. The number of hydrogen-bond acceptors (Lipinski definition) is 1. The highest BCUT2D eigenvalue weighted by Gasteiger charge is 2.18. The van der Waals surface area contributed by atoms with E-state index in [2.05, 4.69) is 38.1 Å². The summed E-state index contributed by atoms with van der Waals surface area (Å²) in [5.41, 5.74) is 1.19. The normalized spacial score (nSPS) is 12.1. The molecular formula is C17H27OP. The summed E-state index contributed by atoms with van der Waals surface area (Å²) < 4.78 is 12.9. The molecule has 0 aliphatic rings.